The second-order valence-electron chi connectivity index (χ2n) is 8.18. The highest BCUT2D eigenvalue weighted by molar-refractivity contribution is 5.49. The van der Waals surface area contributed by atoms with Crippen molar-refractivity contribution in [3.63, 3.8) is 0 Å². The van der Waals surface area contributed by atoms with E-state index in [2.05, 4.69) is 41.7 Å². The number of hydrogen-bond acceptors (Lipinski definition) is 5. The van der Waals surface area contributed by atoms with Crippen LogP contribution in [0.4, 0.5) is 0 Å². The molecule has 0 unspecified atom stereocenters. The molecule has 3 aromatic carbocycles. The van der Waals surface area contributed by atoms with Crippen LogP contribution in [0.5, 0.6) is 23.0 Å². The van der Waals surface area contributed by atoms with Gasteiger partial charge in [-0.1, -0.05) is 36.4 Å². The first-order valence-corrected chi connectivity index (χ1v) is 11.1. The van der Waals surface area contributed by atoms with Crippen molar-refractivity contribution in [3.05, 3.63) is 83.4 Å². The normalized spacial score (nSPS) is 13.2. The number of hydrogen-bond donors (Lipinski definition) is 1. The van der Waals surface area contributed by atoms with Crippen molar-refractivity contribution in [2.24, 2.45) is 0 Å². The molecule has 1 heterocycles. The highest BCUT2D eigenvalue weighted by atomic mass is 16.7. The van der Waals surface area contributed by atoms with Gasteiger partial charge in [0.25, 0.3) is 0 Å². The summed E-state index contributed by atoms with van der Waals surface area (Å²) >= 11 is 0. The summed E-state index contributed by atoms with van der Waals surface area (Å²) in [5.74, 6) is 3.59. The maximum absolute atomic E-state index is 5.73. The van der Waals surface area contributed by atoms with Crippen LogP contribution in [-0.2, 0) is 6.54 Å². The van der Waals surface area contributed by atoms with E-state index in [4.69, 9.17) is 18.9 Å². The monoisotopic (exact) mass is 433 g/mol. The fourth-order valence-electron chi connectivity index (χ4n) is 4.02. The summed E-state index contributed by atoms with van der Waals surface area (Å²) in [4.78, 5) is 0. The number of fused-ring (bicyclic) bond motifs is 1. The lowest BCUT2D eigenvalue weighted by molar-refractivity contribution is 0.174. The molecule has 168 valence electrons. The molecule has 3 aromatic rings. The van der Waals surface area contributed by atoms with Crippen molar-refractivity contribution in [3.8, 4) is 23.0 Å². The molecule has 5 heteroatoms. The molecule has 1 aliphatic rings. The lowest BCUT2D eigenvalue weighted by atomic mass is 9.87. The second kappa shape index (κ2) is 10.4. The van der Waals surface area contributed by atoms with E-state index in [-0.39, 0.29) is 18.8 Å². The van der Waals surface area contributed by atoms with Crippen LogP contribution in [0.25, 0.3) is 0 Å². The maximum atomic E-state index is 5.73. The van der Waals surface area contributed by atoms with Crippen molar-refractivity contribution in [2.75, 3.05) is 20.4 Å². The Balaban J connectivity index is 1.44. The number of rotatable bonds is 10. The van der Waals surface area contributed by atoms with Crippen LogP contribution >= 0.6 is 0 Å². The van der Waals surface area contributed by atoms with Crippen LogP contribution in [0, 0.1) is 0 Å². The third-order valence-corrected chi connectivity index (χ3v) is 5.55. The average Bonchev–Trinajstić information content (AvgIpc) is 3.28. The van der Waals surface area contributed by atoms with Crippen molar-refractivity contribution in [1.29, 1.82) is 0 Å². The first-order valence-electron chi connectivity index (χ1n) is 11.1. The molecular formula is C27H31NO4. The van der Waals surface area contributed by atoms with Gasteiger partial charge >= 0.3 is 0 Å². The van der Waals surface area contributed by atoms with E-state index in [9.17, 15) is 0 Å². The summed E-state index contributed by atoms with van der Waals surface area (Å²) in [6.45, 7) is 6.02. The summed E-state index contributed by atoms with van der Waals surface area (Å²) < 4.78 is 22.5. The molecule has 32 heavy (non-hydrogen) atoms. The zero-order valence-electron chi connectivity index (χ0n) is 19.0. The highest BCUT2D eigenvalue weighted by Gasteiger charge is 2.21. The quantitative estimate of drug-likeness (QED) is 0.427. The smallest absolute Gasteiger partial charge is 0.231 e. The second-order valence-corrected chi connectivity index (χ2v) is 8.18. The summed E-state index contributed by atoms with van der Waals surface area (Å²) in [6.07, 6.45) is 1.11. The van der Waals surface area contributed by atoms with Crippen LogP contribution in [0.1, 0.15) is 42.9 Å². The molecule has 0 bridgehead atoms. The van der Waals surface area contributed by atoms with E-state index in [1.165, 1.54) is 16.7 Å². The molecule has 0 fully saturated rings. The molecule has 0 amide bonds. The predicted molar refractivity (Wildman–Crippen MR) is 126 cm³/mol. The van der Waals surface area contributed by atoms with E-state index >= 15 is 0 Å². The number of benzene rings is 3. The number of methoxy groups -OCH3 is 1. The minimum Gasteiger partial charge on any atom is -0.496 e. The molecule has 0 spiro atoms. The van der Waals surface area contributed by atoms with Crippen LogP contribution in [0.15, 0.2) is 66.7 Å². The number of para-hydroxylation sites is 1. The Kier molecular flexibility index (Phi) is 7.17. The summed E-state index contributed by atoms with van der Waals surface area (Å²) in [7, 11) is 1.72. The number of ether oxygens (including phenoxy) is 4. The van der Waals surface area contributed by atoms with Gasteiger partial charge in [-0.2, -0.15) is 0 Å². The molecule has 0 saturated carbocycles. The van der Waals surface area contributed by atoms with Gasteiger partial charge in [0.05, 0.1) is 13.2 Å². The van der Waals surface area contributed by atoms with Crippen molar-refractivity contribution < 1.29 is 18.9 Å². The first-order chi connectivity index (χ1) is 15.6. The van der Waals surface area contributed by atoms with Gasteiger partial charge in [-0.3, -0.25) is 0 Å². The van der Waals surface area contributed by atoms with E-state index in [0.717, 1.165) is 42.5 Å². The van der Waals surface area contributed by atoms with Crippen molar-refractivity contribution in [2.45, 2.75) is 38.8 Å². The molecule has 1 N–H and O–H groups in total. The SMILES string of the molecule is COc1ccccc1[C@H](CCNCc1ccc(OC(C)C)cc1)c1ccc2c(c1)OCO2. The minimum atomic E-state index is 0.176. The van der Waals surface area contributed by atoms with Gasteiger partial charge < -0.3 is 24.3 Å². The van der Waals surface area contributed by atoms with E-state index in [1.54, 1.807) is 7.11 Å². The lowest BCUT2D eigenvalue weighted by Gasteiger charge is -2.21. The molecule has 0 saturated heterocycles. The Morgan fingerprint density at radius 1 is 0.938 bits per heavy atom. The highest BCUT2D eigenvalue weighted by Crippen LogP contribution is 2.39. The Labute approximate surface area is 190 Å². The average molecular weight is 434 g/mol. The Hall–Kier alpha value is -3.18. The maximum Gasteiger partial charge on any atom is 0.231 e. The van der Waals surface area contributed by atoms with E-state index < -0.39 is 0 Å². The fourth-order valence-corrected chi connectivity index (χ4v) is 4.02. The minimum absolute atomic E-state index is 0.176. The van der Waals surface area contributed by atoms with Gasteiger partial charge in [0, 0.05) is 18.0 Å². The summed E-state index contributed by atoms with van der Waals surface area (Å²) in [6, 6.07) is 22.7. The van der Waals surface area contributed by atoms with Gasteiger partial charge in [-0.05, 0) is 68.3 Å². The Morgan fingerprint density at radius 3 is 2.50 bits per heavy atom. The molecule has 0 aromatic heterocycles. The first kappa shape index (κ1) is 22.0. The van der Waals surface area contributed by atoms with Crippen molar-refractivity contribution >= 4 is 0 Å². The molecule has 0 aliphatic carbocycles. The van der Waals surface area contributed by atoms with E-state index in [0.29, 0.717) is 0 Å². The standard InChI is InChI=1S/C27H31NO4/c1-19(2)32-22-11-8-20(9-12-22)17-28-15-14-23(24-6-4-5-7-25(24)29-3)21-10-13-26-27(16-21)31-18-30-26/h4-13,16,19,23,28H,14-15,17-18H2,1-3H3/t23-/m1/s1. The van der Waals surface area contributed by atoms with Crippen LogP contribution in [-0.4, -0.2) is 26.6 Å². The zero-order chi connectivity index (χ0) is 22.3. The molecular weight excluding hydrogens is 402 g/mol. The van der Waals surface area contributed by atoms with Gasteiger partial charge in [0.2, 0.25) is 6.79 Å². The number of nitrogens with one attached hydrogen (secondary N) is 1. The topological polar surface area (TPSA) is 49.0 Å². The third kappa shape index (κ3) is 5.35. The van der Waals surface area contributed by atoms with Crippen LogP contribution < -0.4 is 24.3 Å². The lowest BCUT2D eigenvalue weighted by Crippen LogP contribution is -2.18. The van der Waals surface area contributed by atoms with Gasteiger partial charge in [0.1, 0.15) is 11.5 Å². The fraction of sp³-hybridized carbons (Fsp3) is 0.333. The molecule has 4 rings (SSSR count). The van der Waals surface area contributed by atoms with Gasteiger partial charge in [0.15, 0.2) is 11.5 Å². The summed E-state index contributed by atoms with van der Waals surface area (Å²) in [5.41, 5.74) is 3.60. The van der Waals surface area contributed by atoms with Crippen molar-refractivity contribution in [1.82, 2.24) is 5.32 Å². The zero-order valence-corrected chi connectivity index (χ0v) is 19.0. The summed E-state index contributed by atoms with van der Waals surface area (Å²) in [5, 5.41) is 3.58. The Bertz CT molecular complexity index is 1020. The molecule has 5 nitrogen and oxygen atoms in total. The van der Waals surface area contributed by atoms with Crippen LogP contribution in [0.3, 0.4) is 0 Å². The van der Waals surface area contributed by atoms with E-state index in [1.807, 2.05) is 44.2 Å². The van der Waals surface area contributed by atoms with Gasteiger partial charge in [-0.25, -0.2) is 0 Å². The van der Waals surface area contributed by atoms with Crippen LogP contribution in [0.2, 0.25) is 0 Å². The molecule has 0 radical (unpaired) electrons. The Morgan fingerprint density at radius 2 is 1.72 bits per heavy atom. The third-order valence-electron chi connectivity index (χ3n) is 5.55. The molecule has 1 atom stereocenters. The molecule has 1 aliphatic heterocycles. The predicted octanol–water partition coefficient (Wildman–Crippen LogP) is 5.52. The largest absolute Gasteiger partial charge is 0.496 e. The van der Waals surface area contributed by atoms with Gasteiger partial charge in [-0.15, -0.1) is 0 Å².